The molecule has 0 radical (unpaired) electrons. The Morgan fingerprint density at radius 1 is 1.22 bits per heavy atom. The fraction of sp³-hybridized carbons (Fsp3) is 0.111. The largest absolute Gasteiger partial charge is 0.346 e. The summed E-state index contributed by atoms with van der Waals surface area (Å²) in [6.45, 7) is 1.93. The van der Waals surface area contributed by atoms with Crippen LogP contribution in [0, 0.1) is 0 Å². The molecule has 0 bridgehead atoms. The van der Waals surface area contributed by atoms with E-state index in [2.05, 4.69) is 10.3 Å². The summed E-state index contributed by atoms with van der Waals surface area (Å²) in [7, 11) is 0. The molecule has 0 fully saturated rings. The highest BCUT2D eigenvalue weighted by molar-refractivity contribution is 6.30. The van der Waals surface area contributed by atoms with Gasteiger partial charge < -0.3 is 9.88 Å². The summed E-state index contributed by atoms with van der Waals surface area (Å²) in [6.07, 6.45) is 5.29. The Morgan fingerprint density at radius 2 is 2.00 bits per heavy atom. The van der Waals surface area contributed by atoms with E-state index in [1.165, 1.54) is 0 Å². The quantitative estimate of drug-likeness (QED) is 0.787. The predicted octanol–water partition coefficient (Wildman–Crippen LogP) is 4.02. The van der Waals surface area contributed by atoms with E-state index >= 15 is 0 Å². The van der Waals surface area contributed by atoms with E-state index in [1.807, 2.05) is 54.1 Å². The van der Waals surface area contributed by atoms with Crippen LogP contribution in [-0.2, 0) is 0 Å². The molecule has 0 aliphatic heterocycles. The second kappa shape index (κ2) is 6.67. The van der Waals surface area contributed by atoms with Crippen molar-refractivity contribution in [1.29, 1.82) is 0 Å². The average Bonchev–Trinajstić information content (AvgIpc) is 3.09. The molecule has 1 atom stereocenters. The van der Waals surface area contributed by atoms with Gasteiger partial charge in [-0.15, -0.1) is 0 Å². The van der Waals surface area contributed by atoms with E-state index in [9.17, 15) is 4.79 Å². The van der Waals surface area contributed by atoms with Crippen molar-refractivity contribution in [2.75, 3.05) is 0 Å². The molecule has 5 heteroatoms. The van der Waals surface area contributed by atoms with Gasteiger partial charge in [0.2, 0.25) is 0 Å². The zero-order chi connectivity index (χ0) is 16.2. The van der Waals surface area contributed by atoms with E-state index in [1.54, 1.807) is 24.7 Å². The van der Waals surface area contributed by atoms with Gasteiger partial charge in [-0.05, 0) is 48.9 Å². The van der Waals surface area contributed by atoms with Crippen molar-refractivity contribution >= 4 is 17.5 Å². The number of carbonyl (C=O) groups is 1. The first-order chi connectivity index (χ1) is 11.1. The number of nitrogens with one attached hydrogen (secondary N) is 1. The Labute approximate surface area is 139 Å². The lowest BCUT2D eigenvalue weighted by molar-refractivity contribution is 0.0940. The lowest BCUT2D eigenvalue weighted by Gasteiger charge is -2.15. The Bertz CT molecular complexity index is 797. The van der Waals surface area contributed by atoms with E-state index < -0.39 is 0 Å². The second-order valence-corrected chi connectivity index (χ2v) is 5.70. The number of hydrogen-bond acceptors (Lipinski definition) is 2. The summed E-state index contributed by atoms with van der Waals surface area (Å²) >= 11 is 5.99. The van der Waals surface area contributed by atoms with Crippen LogP contribution in [-0.4, -0.2) is 15.5 Å². The van der Waals surface area contributed by atoms with Crippen LogP contribution >= 0.6 is 11.6 Å². The summed E-state index contributed by atoms with van der Waals surface area (Å²) < 4.78 is 1.89. The second-order valence-electron chi connectivity index (χ2n) is 5.27. The number of imidazole rings is 1. The smallest absolute Gasteiger partial charge is 0.251 e. The first-order valence-corrected chi connectivity index (χ1v) is 7.66. The van der Waals surface area contributed by atoms with Crippen LogP contribution in [0.2, 0.25) is 5.02 Å². The highest BCUT2D eigenvalue weighted by Gasteiger charge is 2.11. The van der Waals surface area contributed by atoms with Crippen molar-refractivity contribution < 1.29 is 4.79 Å². The van der Waals surface area contributed by atoms with E-state index in [-0.39, 0.29) is 11.9 Å². The van der Waals surface area contributed by atoms with Crippen molar-refractivity contribution in [3.05, 3.63) is 83.4 Å². The number of nitrogens with zero attached hydrogens (tertiary/aromatic N) is 2. The van der Waals surface area contributed by atoms with Crippen LogP contribution in [0.5, 0.6) is 0 Å². The molecule has 2 aromatic carbocycles. The van der Waals surface area contributed by atoms with E-state index in [4.69, 9.17) is 11.6 Å². The lowest BCUT2D eigenvalue weighted by atomic mass is 10.1. The third-order valence-electron chi connectivity index (χ3n) is 3.63. The molecule has 0 saturated heterocycles. The molecular formula is C18H16ClN3O. The van der Waals surface area contributed by atoms with Crippen LogP contribution in [0.15, 0.2) is 67.3 Å². The standard InChI is InChI=1S/C18H16ClN3O/c1-13(15-3-2-4-16(19)11-15)21-18(23)14-5-7-17(8-6-14)22-10-9-20-12-22/h2-13H,1H3,(H,21,23). The monoisotopic (exact) mass is 325 g/mol. The minimum Gasteiger partial charge on any atom is -0.346 e. The molecule has 0 aliphatic carbocycles. The van der Waals surface area contributed by atoms with Gasteiger partial charge in [-0.25, -0.2) is 4.98 Å². The van der Waals surface area contributed by atoms with Crippen molar-refractivity contribution in [1.82, 2.24) is 14.9 Å². The van der Waals surface area contributed by atoms with E-state index in [0.29, 0.717) is 10.6 Å². The van der Waals surface area contributed by atoms with Crippen molar-refractivity contribution in [2.45, 2.75) is 13.0 Å². The van der Waals surface area contributed by atoms with Gasteiger partial charge in [-0.1, -0.05) is 23.7 Å². The third-order valence-corrected chi connectivity index (χ3v) is 3.86. The van der Waals surface area contributed by atoms with Crippen LogP contribution in [0.25, 0.3) is 5.69 Å². The molecule has 0 saturated carbocycles. The van der Waals surface area contributed by atoms with Crippen LogP contribution < -0.4 is 5.32 Å². The SMILES string of the molecule is CC(NC(=O)c1ccc(-n2ccnc2)cc1)c1cccc(Cl)c1. The molecule has 1 N–H and O–H groups in total. The molecular weight excluding hydrogens is 310 g/mol. The molecule has 0 aliphatic rings. The average molecular weight is 326 g/mol. The number of aromatic nitrogens is 2. The fourth-order valence-electron chi connectivity index (χ4n) is 2.34. The normalized spacial score (nSPS) is 11.9. The molecule has 23 heavy (non-hydrogen) atoms. The Kier molecular flexibility index (Phi) is 4.44. The zero-order valence-corrected chi connectivity index (χ0v) is 13.4. The van der Waals surface area contributed by atoms with Gasteiger partial charge in [0.25, 0.3) is 5.91 Å². The molecule has 1 heterocycles. The molecule has 3 rings (SSSR count). The number of carbonyl (C=O) groups excluding carboxylic acids is 1. The van der Waals surface area contributed by atoms with Gasteiger partial charge in [-0.2, -0.15) is 0 Å². The molecule has 4 nitrogen and oxygen atoms in total. The topological polar surface area (TPSA) is 46.9 Å². The molecule has 3 aromatic rings. The number of benzene rings is 2. The van der Waals surface area contributed by atoms with Gasteiger partial charge >= 0.3 is 0 Å². The van der Waals surface area contributed by atoms with Gasteiger partial charge in [0.15, 0.2) is 0 Å². The van der Waals surface area contributed by atoms with Crippen molar-refractivity contribution in [2.24, 2.45) is 0 Å². The maximum Gasteiger partial charge on any atom is 0.251 e. The fourth-order valence-corrected chi connectivity index (χ4v) is 2.53. The third kappa shape index (κ3) is 3.60. The number of halogens is 1. The number of amides is 1. The lowest BCUT2D eigenvalue weighted by Crippen LogP contribution is -2.26. The summed E-state index contributed by atoms with van der Waals surface area (Å²) in [5.74, 6) is -0.116. The van der Waals surface area contributed by atoms with Crippen LogP contribution in [0.4, 0.5) is 0 Å². The van der Waals surface area contributed by atoms with Crippen molar-refractivity contribution in [3.63, 3.8) is 0 Å². The van der Waals surface area contributed by atoms with Crippen molar-refractivity contribution in [3.8, 4) is 5.69 Å². The molecule has 116 valence electrons. The van der Waals surface area contributed by atoms with Gasteiger partial charge in [0.05, 0.1) is 12.4 Å². The first-order valence-electron chi connectivity index (χ1n) is 7.28. The minimum atomic E-state index is -0.116. The number of rotatable bonds is 4. The van der Waals surface area contributed by atoms with Crippen LogP contribution in [0.3, 0.4) is 0 Å². The minimum absolute atomic E-state index is 0.116. The summed E-state index contributed by atoms with van der Waals surface area (Å²) in [4.78, 5) is 16.4. The predicted molar refractivity (Wildman–Crippen MR) is 90.9 cm³/mol. The Hall–Kier alpha value is -2.59. The van der Waals surface area contributed by atoms with Gasteiger partial charge in [0, 0.05) is 28.7 Å². The van der Waals surface area contributed by atoms with Gasteiger partial charge in [-0.3, -0.25) is 4.79 Å². The summed E-state index contributed by atoms with van der Waals surface area (Å²) in [6, 6.07) is 14.8. The maximum atomic E-state index is 12.3. The Morgan fingerprint density at radius 3 is 2.65 bits per heavy atom. The molecule has 0 spiro atoms. The molecule has 1 amide bonds. The maximum absolute atomic E-state index is 12.3. The summed E-state index contributed by atoms with van der Waals surface area (Å²) in [5.41, 5.74) is 2.55. The van der Waals surface area contributed by atoms with Crippen LogP contribution in [0.1, 0.15) is 28.9 Å². The van der Waals surface area contributed by atoms with Gasteiger partial charge in [0.1, 0.15) is 0 Å². The summed E-state index contributed by atoms with van der Waals surface area (Å²) in [5, 5.41) is 3.64. The molecule has 1 unspecified atom stereocenters. The highest BCUT2D eigenvalue weighted by Crippen LogP contribution is 2.18. The molecule has 1 aromatic heterocycles. The zero-order valence-electron chi connectivity index (χ0n) is 12.6. The number of hydrogen-bond donors (Lipinski definition) is 1. The van der Waals surface area contributed by atoms with E-state index in [0.717, 1.165) is 11.3 Å². The first kappa shape index (κ1) is 15.3. The highest BCUT2D eigenvalue weighted by atomic mass is 35.5. The Balaban J connectivity index is 1.71.